The molecule has 5 nitrogen and oxygen atoms in total. The fraction of sp³-hybridized carbons (Fsp3) is 0.524. The fourth-order valence-electron chi connectivity index (χ4n) is 3.65. The van der Waals surface area contributed by atoms with E-state index in [-0.39, 0.29) is 11.9 Å². The number of rotatable bonds is 7. The van der Waals surface area contributed by atoms with E-state index in [2.05, 4.69) is 34.3 Å². The summed E-state index contributed by atoms with van der Waals surface area (Å²) in [6.45, 7) is 5.47. The van der Waals surface area contributed by atoms with Gasteiger partial charge in [-0.25, -0.2) is 4.98 Å². The summed E-state index contributed by atoms with van der Waals surface area (Å²) in [5.74, 6) is 0.873. The van der Waals surface area contributed by atoms with Crippen LogP contribution in [0.3, 0.4) is 0 Å². The van der Waals surface area contributed by atoms with Crippen molar-refractivity contribution in [3.63, 3.8) is 0 Å². The first-order valence-corrected chi connectivity index (χ1v) is 9.76. The molecule has 1 N–H and O–H groups in total. The van der Waals surface area contributed by atoms with Gasteiger partial charge in [0.05, 0.1) is 6.04 Å². The number of aryl methyl sites for hydroxylation is 1. The molecule has 2 heterocycles. The van der Waals surface area contributed by atoms with Gasteiger partial charge in [0.25, 0.3) is 5.91 Å². The molecule has 1 amide bonds. The topological polar surface area (TPSA) is 50.2 Å². The number of nitrogens with one attached hydrogen (secondary N) is 1. The Balaban J connectivity index is 1.62. The first-order chi connectivity index (χ1) is 12.7. The van der Waals surface area contributed by atoms with Crippen LogP contribution in [0.4, 0.5) is 0 Å². The molecule has 0 radical (unpaired) electrons. The van der Waals surface area contributed by atoms with Crippen molar-refractivity contribution in [1.82, 2.24) is 19.8 Å². The van der Waals surface area contributed by atoms with Gasteiger partial charge in [-0.2, -0.15) is 0 Å². The first-order valence-electron chi connectivity index (χ1n) is 9.76. The summed E-state index contributed by atoms with van der Waals surface area (Å²) in [7, 11) is 1.96. The molecule has 1 aliphatic heterocycles. The van der Waals surface area contributed by atoms with Crippen LogP contribution in [0.2, 0.25) is 0 Å². The summed E-state index contributed by atoms with van der Waals surface area (Å²) in [6.07, 6.45) is 9.51. The van der Waals surface area contributed by atoms with Crippen molar-refractivity contribution in [2.45, 2.75) is 51.6 Å². The fourth-order valence-corrected chi connectivity index (χ4v) is 3.65. The molecule has 3 rings (SSSR count). The molecule has 0 saturated carbocycles. The van der Waals surface area contributed by atoms with Gasteiger partial charge in [0.2, 0.25) is 0 Å². The Labute approximate surface area is 156 Å². The van der Waals surface area contributed by atoms with Crippen molar-refractivity contribution >= 4 is 5.91 Å². The highest BCUT2D eigenvalue weighted by molar-refractivity contribution is 5.94. The van der Waals surface area contributed by atoms with E-state index in [9.17, 15) is 4.79 Å². The van der Waals surface area contributed by atoms with Crippen molar-refractivity contribution in [2.75, 3.05) is 13.1 Å². The smallest absolute Gasteiger partial charge is 0.251 e. The molecule has 140 valence electrons. The molecule has 0 aliphatic carbocycles. The summed E-state index contributed by atoms with van der Waals surface area (Å²) in [5, 5.41) is 3.15. The molecular formula is C21H30N4O. The van der Waals surface area contributed by atoms with E-state index >= 15 is 0 Å². The molecule has 1 fully saturated rings. The Morgan fingerprint density at radius 1 is 1.19 bits per heavy atom. The number of benzene rings is 1. The second-order valence-electron chi connectivity index (χ2n) is 7.24. The molecule has 26 heavy (non-hydrogen) atoms. The molecule has 2 aromatic rings. The second kappa shape index (κ2) is 8.99. The number of nitrogens with zero attached hydrogens (tertiary/aromatic N) is 3. The van der Waals surface area contributed by atoms with Crippen molar-refractivity contribution in [3.8, 4) is 0 Å². The molecule has 5 heteroatoms. The van der Waals surface area contributed by atoms with Crippen molar-refractivity contribution in [1.29, 1.82) is 0 Å². The molecule has 1 saturated heterocycles. The number of piperidine rings is 1. The summed E-state index contributed by atoms with van der Waals surface area (Å²) in [6, 6.07) is 7.99. The highest BCUT2D eigenvalue weighted by Crippen LogP contribution is 2.18. The highest BCUT2D eigenvalue weighted by Gasteiger charge is 2.18. The lowest BCUT2D eigenvalue weighted by Gasteiger charge is -2.26. The van der Waals surface area contributed by atoms with Crippen LogP contribution in [0.1, 0.15) is 66.8 Å². The average Bonchev–Trinajstić information content (AvgIpc) is 3.08. The number of imidazole rings is 1. The number of hydrogen-bond acceptors (Lipinski definition) is 3. The Morgan fingerprint density at radius 2 is 1.92 bits per heavy atom. The maximum atomic E-state index is 12.7. The minimum Gasteiger partial charge on any atom is -0.342 e. The summed E-state index contributed by atoms with van der Waals surface area (Å²) in [5.41, 5.74) is 1.99. The highest BCUT2D eigenvalue weighted by atomic mass is 16.1. The quantitative estimate of drug-likeness (QED) is 0.825. The second-order valence-corrected chi connectivity index (χ2v) is 7.24. The van der Waals surface area contributed by atoms with Gasteiger partial charge in [-0.15, -0.1) is 0 Å². The van der Waals surface area contributed by atoms with Crippen LogP contribution in [0.15, 0.2) is 36.7 Å². The Hall–Kier alpha value is -2.14. The van der Waals surface area contributed by atoms with Gasteiger partial charge in [0, 0.05) is 31.5 Å². The molecule has 1 aromatic heterocycles. The SMILES string of the molecule is CCC[C@@H](NC(=O)c1ccc(CN2CCCCC2)cc1)c1nccn1C. The van der Waals surface area contributed by atoms with Gasteiger partial charge in [-0.3, -0.25) is 9.69 Å². The van der Waals surface area contributed by atoms with Crippen LogP contribution in [-0.2, 0) is 13.6 Å². The van der Waals surface area contributed by atoms with Gasteiger partial charge in [0.1, 0.15) is 5.82 Å². The minimum atomic E-state index is -0.0551. The first kappa shape index (κ1) is 18.6. The van der Waals surface area contributed by atoms with E-state index in [0.717, 1.165) is 25.2 Å². The molecule has 1 atom stereocenters. The number of likely N-dealkylation sites (tertiary alicyclic amines) is 1. The largest absolute Gasteiger partial charge is 0.342 e. The third kappa shape index (κ3) is 4.73. The summed E-state index contributed by atoms with van der Waals surface area (Å²) in [4.78, 5) is 19.6. The van der Waals surface area contributed by atoms with E-state index in [4.69, 9.17) is 0 Å². The van der Waals surface area contributed by atoms with Crippen molar-refractivity contribution in [3.05, 3.63) is 53.6 Å². The average molecular weight is 354 g/mol. The van der Waals surface area contributed by atoms with E-state index in [1.165, 1.54) is 37.9 Å². The van der Waals surface area contributed by atoms with Crippen LogP contribution >= 0.6 is 0 Å². The van der Waals surface area contributed by atoms with Gasteiger partial charge in [-0.1, -0.05) is 31.9 Å². The number of carbonyl (C=O) groups is 1. The standard InChI is InChI=1S/C21H30N4O/c1-3-7-19(20-22-12-15-24(20)2)23-21(26)18-10-8-17(9-11-18)16-25-13-5-4-6-14-25/h8-12,15,19H,3-7,13-14,16H2,1-2H3,(H,23,26)/t19-/m1/s1. The van der Waals surface area contributed by atoms with E-state index < -0.39 is 0 Å². The van der Waals surface area contributed by atoms with Gasteiger partial charge >= 0.3 is 0 Å². The molecule has 0 bridgehead atoms. The third-order valence-electron chi connectivity index (χ3n) is 5.12. The maximum Gasteiger partial charge on any atom is 0.251 e. The number of aromatic nitrogens is 2. The Bertz CT molecular complexity index is 701. The zero-order valence-corrected chi connectivity index (χ0v) is 15.9. The van der Waals surface area contributed by atoms with Crippen LogP contribution in [0.25, 0.3) is 0 Å². The molecule has 1 aliphatic rings. The van der Waals surface area contributed by atoms with Crippen LogP contribution < -0.4 is 5.32 Å². The van der Waals surface area contributed by atoms with Crippen LogP contribution in [0, 0.1) is 0 Å². The zero-order valence-electron chi connectivity index (χ0n) is 15.9. The van der Waals surface area contributed by atoms with Gasteiger partial charge < -0.3 is 9.88 Å². The lowest BCUT2D eigenvalue weighted by molar-refractivity contribution is 0.0932. The molecule has 0 unspecified atom stereocenters. The summed E-state index contributed by atoms with van der Waals surface area (Å²) >= 11 is 0. The van der Waals surface area contributed by atoms with Crippen molar-refractivity contribution < 1.29 is 4.79 Å². The lowest BCUT2D eigenvalue weighted by Crippen LogP contribution is -2.30. The van der Waals surface area contributed by atoms with Crippen molar-refractivity contribution in [2.24, 2.45) is 7.05 Å². The zero-order chi connectivity index (χ0) is 18.4. The Morgan fingerprint density at radius 3 is 2.54 bits per heavy atom. The number of carbonyl (C=O) groups excluding carboxylic acids is 1. The molecule has 0 spiro atoms. The van der Waals surface area contributed by atoms with E-state index in [0.29, 0.717) is 5.56 Å². The molecular weight excluding hydrogens is 324 g/mol. The third-order valence-corrected chi connectivity index (χ3v) is 5.12. The maximum absolute atomic E-state index is 12.7. The number of amides is 1. The molecule has 1 aromatic carbocycles. The lowest BCUT2D eigenvalue weighted by atomic mass is 10.1. The normalized spacial score (nSPS) is 16.4. The number of hydrogen-bond donors (Lipinski definition) is 1. The predicted octanol–water partition coefficient (Wildman–Crippen LogP) is 3.68. The van der Waals surface area contributed by atoms with Crippen LogP contribution in [0.5, 0.6) is 0 Å². The summed E-state index contributed by atoms with van der Waals surface area (Å²) < 4.78 is 1.97. The van der Waals surface area contributed by atoms with Crippen LogP contribution in [-0.4, -0.2) is 33.4 Å². The predicted molar refractivity (Wildman–Crippen MR) is 104 cm³/mol. The Kier molecular flexibility index (Phi) is 6.45. The van der Waals surface area contributed by atoms with Gasteiger partial charge in [-0.05, 0) is 50.0 Å². The van der Waals surface area contributed by atoms with E-state index in [1.54, 1.807) is 6.20 Å². The van der Waals surface area contributed by atoms with E-state index in [1.807, 2.05) is 29.9 Å². The monoisotopic (exact) mass is 354 g/mol. The van der Waals surface area contributed by atoms with Gasteiger partial charge in [0.15, 0.2) is 0 Å². The minimum absolute atomic E-state index is 0.0315.